The summed E-state index contributed by atoms with van der Waals surface area (Å²) in [7, 11) is 0. The van der Waals surface area contributed by atoms with Gasteiger partial charge in [-0.15, -0.1) is 0 Å². The third-order valence-electron chi connectivity index (χ3n) is 9.34. The molecule has 8 rings (SSSR count). The number of aromatic nitrogens is 5. The number of alkyl halides is 4. The lowest BCUT2D eigenvalue weighted by molar-refractivity contribution is -0.123. The van der Waals surface area contributed by atoms with Crippen LogP contribution in [0.2, 0.25) is 0 Å². The average Bonchev–Trinajstić information content (AvgIpc) is 3.97. The van der Waals surface area contributed by atoms with E-state index in [0.29, 0.717) is 22.4 Å². The molecule has 0 spiro atoms. The third-order valence-corrected chi connectivity index (χ3v) is 9.34. The zero-order valence-electron chi connectivity index (χ0n) is 25.0. The van der Waals surface area contributed by atoms with Crippen LogP contribution in [0.5, 0.6) is 0 Å². The van der Waals surface area contributed by atoms with Gasteiger partial charge in [0.1, 0.15) is 35.4 Å². The van der Waals surface area contributed by atoms with Crippen LogP contribution in [0.25, 0.3) is 16.7 Å². The van der Waals surface area contributed by atoms with Crippen molar-refractivity contribution in [2.24, 2.45) is 5.92 Å². The van der Waals surface area contributed by atoms with Gasteiger partial charge in [-0.25, -0.2) is 27.5 Å². The van der Waals surface area contributed by atoms with Gasteiger partial charge in [-0.2, -0.15) is 13.9 Å². The number of nitrogens with one attached hydrogen (secondary N) is 1. The number of hydrogen-bond donors (Lipinski definition) is 1. The smallest absolute Gasteiger partial charge is 0.293 e. The van der Waals surface area contributed by atoms with Crippen molar-refractivity contribution in [1.82, 2.24) is 29.6 Å². The molecular weight excluding hydrogens is 638 g/mol. The topological polar surface area (TPSA) is 94.7 Å². The normalized spacial score (nSPS) is 19.7. The van der Waals surface area contributed by atoms with Gasteiger partial charge in [0.25, 0.3) is 17.9 Å². The number of carbonyl (C=O) groups is 1. The van der Waals surface area contributed by atoms with Crippen molar-refractivity contribution < 1.29 is 31.1 Å². The molecule has 5 aromatic rings. The molecule has 0 bridgehead atoms. The number of fused-ring (bicyclic) bond motifs is 4. The number of rotatable bonds is 9. The number of carbonyl (C=O) groups excluding carboxylic acids is 1. The van der Waals surface area contributed by atoms with Crippen molar-refractivity contribution in [2.75, 3.05) is 0 Å². The van der Waals surface area contributed by atoms with Crippen LogP contribution in [0.3, 0.4) is 0 Å². The van der Waals surface area contributed by atoms with Crippen LogP contribution in [-0.2, 0) is 23.7 Å². The molecule has 3 aliphatic carbocycles. The Labute approximate surface area is 268 Å². The molecule has 2 aromatic carbocycles. The number of amides is 1. The van der Waals surface area contributed by atoms with E-state index in [1.807, 2.05) is 12.1 Å². The monoisotopic (exact) mass is 664 g/mol. The Morgan fingerprint density at radius 3 is 2.46 bits per heavy atom. The van der Waals surface area contributed by atoms with Crippen LogP contribution in [0.4, 0.5) is 26.3 Å². The largest absolute Gasteiger partial charge is 0.344 e. The second-order valence-electron chi connectivity index (χ2n) is 12.6. The highest BCUT2D eigenvalue weighted by Gasteiger charge is 2.67. The molecule has 0 radical (unpaired) electrons. The van der Waals surface area contributed by atoms with E-state index in [2.05, 4.69) is 20.4 Å². The van der Waals surface area contributed by atoms with Gasteiger partial charge in [-0.05, 0) is 78.6 Å². The van der Waals surface area contributed by atoms with Gasteiger partial charge in [-0.3, -0.25) is 18.8 Å². The second-order valence-corrected chi connectivity index (χ2v) is 12.6. The highest BCUT2D eigenvalue weighted by molar-refractivity contribution is 5.77. The maximum Gasteiger partial charge on any atom is 0.293 e. The summed E-state index contributed by atoms with van der Waals surface area (Å²) in [6, 6.07) is 11.8. The molecule has 1 amide bonds. The van der Waals surface area contributed by atoms with E-state index in [9.17, 15) is 27.2 Å². The minimum Gasteiger partial charge on any atom is -0.344 e. The molecule has 3 aliphatic rings. The molecule has 2 unspecified atom stereocenters. The van der Waals surface area contributed by atoms with Crippen molar-refractivity contribution in [3.8, 4) is 5.69 Å². The number of halogens is 6. The van der Waals surface area contributed by atoms with E-state index in [0.717, 1.165) is 30.5 Å². The highest BCUT2D eigenvalue weighted by Crippen LogP contribution is 2.68. The molecule has 8 nitrogen and oxygen atoms in total. The van der Waals surface area contributed by atoms with Crippen LogP contribution < -0.4 is 10.9 Å². The Morgan fingerprint density at radius 2 is 1.77 bits per heavy atom. The molecular formula is C34H26F6N6O2. The zero-order chi connectivity index (χ0) is 33.5. The quantitative estimate of drug-likeness (QED) is 0.185. The Kier molecular flexibility index (Phi) is 6.97. The van der Waals surface area contributed by atoms with E-state index >= 15 is 8.78 Å². The van der Waals surface area contributed by atoms with E-state index < -0.39 is 71.3 Å². The SMILES string of the molecule is O=C(Cn1nc(C(F)F)c2c1C(F)(F)C1C[C@H]21)NC(Cc1cc(F)cc(F)c1)c1nc2ncccc2c(=O)n1-c1ccc(C2CC2)cc1. The molecule has 14 heteroatoms. The molecule has 0 saturated heterocycles. The second kappa shape index (κ2) is 11.0. The molecule has 48 heavy (non-hydrogen) atoms. The van der Waals surface area contributed by atoms with Crippen molar-refractivity contribution >= 4 is 16.9 Å². The summed E-state index contributed by atoms with van der Waals surface area (Å²) in [5.41, 5.74) is -0.615. The minimum absolute atomic E-state index is 0.0401. The predicted molar refractivity (Wildman–Crippen MR) is 160 cm³/mol. The fraction of sp³-hybridized carbons (Fsp3) is 0.324. The summed E-state index contributed by atoms with van der Waals surface area (Å²) in [5.74, 6) is -7.63. The summed E-state index contributed by atoms with van der Waals surface area (Å²) in [6.45, 7) is -0.857. The predicted octanol–water partition coefficient (Wildman–Crippen LogP) is 6.38. The Hall–Kier alpha value is -5.01. The van der Waals surface area contributed by atoms with Gasteiger partial charge in [0.2, 0.25) is 5.91 Å². The fourth-order valence-corrected chi connectivity index (χ4v) is 6.96. The van der Waals surface area contributed by atoms with Gasteiger partial charge >= 0.3 is 0 Å². The van der Waals surface area contributed by atoms with Crippen LogP contribution >= 0.6 is 0 Å². The van der Waals surface area contributed by atoms with E-state index in [-0.39, 0.29) is 40.8 Å². The molecule has 3 atom stereocenters. The van der Waals surface area contributed by atoms with Gasteiger partial charge in [-0.1, -0.05) is 12.1 Å². The lowest BCUT2D eigenvalue weighted by Crippen LogP contribution is -2.38. The third kappa shape index (κ3) is 5.13. The maximum atomic E-state index is 15.2. The first-order valence-corrected chi connectivity index (χ1v) is 15.5. The summed E-state index contributed by atoms with van der Waals surface area (Å²) in [5, 5.41) is 6.56. The van der Waals surface area contributed by atoms with Crippen molar-refractivity contribution in [1.29, 1.82) is 0 Å². The van der Waals surface area contributed by atoms with E-state index in [1.54, 1.807) is 18.2 Å². The van der Waals surface area contributed by atoms with Gasteiger partial charge in [0.05, 0.1) is 17.1 Å². The van der Waals surface area contributed by atoms with Crippen molar-refractivity contribution in [2.45, 2.75) is 62.5 Å². The lowest BCUT2D eigenvalue weighted by Gasteiger charge is -2.23. The summed E-state index contributed by atoms with van der Waals surface area (Å²) < 4.78 is 88.6. The standard InChI is InChI=1S/C34H26F6N6O2/c35-19-10-16(11-20(36)13-19)12-25(42-26(47)15-45-29-27(28(44-45)30(37)38)23-14-24(23)34(29,39)40)32-43-31-22(2-1-9-41-31)33(48)46(32)21-7-5-18(6-8-21)17-3-4-17/h1-2,5-11,13,17,23-25,30H,3-4,12,14-15H2,(H,42,47)/t23-,24?,25?/m0/s1. The Morgan fingerprint density at radius 1 is 1.04 bits per heavy atom. The van der Waals surface area contributed by atoms with E-state index in [4.69, 9.17) is 0 Å². The van der Waals surface area contributed by atoms with Crippen LogP contribution in [0.15, 0.2) is 65.6 Å². The summed E-state index contributed by atoms with van der Waals surface area (Å²) in [6.07, 6.45) is 0.182. The fourth-order valence-electron chi connectivity index (χ4n) is 6.96. The summed E-state index contributed by atoms with van der Waals surface area (Å²) >= 11 is 0. The molecule has 2 saturated carbocycles. The van der Waals surface area contributed by atoms with Gasteiger partial charge in [0, 0.05) is 30.2 Å². The first kappa shape index (κ1) is 30.3. The van der Waals surface area contributed by atoms with Crippen LogP contribution in [-0.4, -0.2) is 30.2 Å². The first-order chi connectivity index (χ1) is 23.0. The molecule has 3 aromatic heterocycles. The first-order valence-electron chi connectivity index (χ1n) is 15.5. The number of hydrogen-bond acceptors (Lipinski definition) is 5. The van der Waals surface area contributed by atoms with Crippen molar-refractivity contribution in [3.05, 3.63) is 117 Å². The lowest BCUT2D eigenvalue weighted by atomic mass is 10.0. The molecule has 0 aliphatic heterocycles. The zero-order valence-corrected chi connectivity index (χ0v) is 25.0. The molecule has 1 N–H and O–H groups in total. The Bertz CT molecular complexity index is 2140. The van der Waals surface area contributed by atoms with Gasteiger partial charge < -0.3 is 5.32 Å². The number of benzene rings is 2. The van der Waals surface area contributed by atoms with Gasteiger partial charge in [0.15, 0.2) is 5.65 Å². The van der Waals surface area contributed by atoms with Crippen LogP contribution in [0, 0.1) is 17.6 Å². The van der Waals surface area contributed by atoms with E-state index in [1.165, 1.54) is 16.8 Å². The van der Waals surface area contributed by atoms with Crippen LogP contribution in [0.1, 0.15) is 77.5 Å². The highest BCUT2D eigenvalue weighted by atomic mass is 19.3. The Balaban J connectivity index is 1.22. The van der Waals surface area contributed by atoms with Crippen molar-refractivity contribution in [3.63, 3.8) is 0 Å². The molecule has 246 valence electrons. The number of pyridine rings is 1. The number of nitrogens with zero attached hydrogens (tertiary/aromatic N) is 5. The average molecular weight is 665 g/mol. The maximum absolute atomic E-state index is 15.2. The minimum atomic E-state index is -3.45. The molecule has 3 heterocycles. The summed E-state index contributed by atoms with van der Waals surface area (Å²) in [4.78, 5) is 36.5. The molecule has 2 fully saturated rings.